The van der Waals surface area contributed by atoms with E-state index in [0.717, 1.165) is 30.7 Å². The summed E-state index contributed by atoms with van der Waals surface area (Å²) < 4.78 is 0. The second-order valence-electron chi connectivity index (χ2n) is 2.24. The molecule has 0 fully saturated rings. The van der Waals surface area contributed by atoms with E-state index in [0.29, 0.717) is 0 Å². The van der Waals surface area contributed by atoms with E-state index in [2.05, 4.69) is 18.2 Å². The van der Waals surface area contributed by atoms with Crippen molar-refractivity contribution in [2.45, 2.75) is 25.7 Å². The minimum absolute atomic E-state index is 0. The summed E-state index contributed by atoms with van der Waals surface area (Å²) >= 11 is 5.82. The predicted octanol–water partition coefficient (Wildman–Crippen LogP) is 3.24. The maximum absolute atomic E-state index is 5.82. The van der Waals surface area contributed by atoms with Crippen LogP contribution in [-0.4, -0.2) is 0 Å². The topological polar surface area (TPSA) is 0 Å². The quantitative estimate of drug-likeness (QED) is 0.597. The van der Waals surface area contributed by atoms with E-state index < -0.39 is 0 Å². The van der Waals surface area contributed by atoms with Crippen LogP contribution in [0.5, 0.6) is 0 Å². The fourth-order valence-electron chi connectivity index (χ4n) is 0.895. The number of hydrogen-bond donors (Lipinski definition) is 0. The molecule has 1 rings (SSSR count). The molecule has 0 aromatic heterocycles. The van der Waals surface area contributed by atoms with Crippen LogP contribution in [0.1, 0.15) is 25.7 Å². The number of allylic oxidation sites excluding steroid dienone is 4. The van der Waals surface area contributed by atoms with Gasteiger partial charge in [-0.3, -0.25) is 0 Å². The summed E-state index contributed by atoms with van der Waals surface area (Å²) in [4.78, 5) is 0. The standard InChI is InChI=1S/C8H11Cl.Ir/c9-8-6-4-2-1-3-5-7-8;/h1-2,7H,3-6H2;/q;+1. The molecule has 0 N–H and O–H groups in total. The van der Waals surface area contributed by atoms with Crippen molar-refractivity contribution in [2.75, 3.05) is 0 Å². The molecule has 0 atom stereocenters. The Morgan fingerprint density at radius 2 is 1.80 bits per heavy atom. The Labute approximate surface area is 80.7 Å². The maximum Gasteiger partial charge on any atom is 1.00 e. The molecule has 0 heterocycles. The van der Waals surface area contributed by atoms with Gasteiger partial charge in [0, 0.05) is 5.03 Å². The first-order valence-electron chi connectivity index (χ1n) is 3.39. The van der Waals surface area contributed by atoms with Gasteiger partial charge in [-0.1, -0.05) is 29.8 Å². The third kappa shape index (κ3) is 4.27. The largest absolute Gasteiger partial charge is 1.00 e. The fraction of sp³-hybridized carbons (Fsp3) is 0.500. The Balaban J connectivity index is 0.000000810. The molecule has 2 heteroatoms. The van der Waals surface area contributed by atoms with Crippen molar-refractivity contribution in [3.8, 4) is 0 Å². The summed E-state index contributed by atoms with van der Waals surface area (Å²) in [5.41, 5.74) is 0. The van der Waals surface area contributed by atoms with Crippen molar-refractivity contribution in [3.05, 3.63) is 23.3 Å². The average molecular weight is 335 g/mol. The Morgan fingerprint density at radius 1 is 1.10 bits per heavy atom. The summed E-state index contributed by atoms with van der Waals surface area (Å²) in [6, 6.07) is 0. The molecule has 0 spiro atoms. The van der Waals surface area contributed by atoms with Gasteiger partial charge in [0.05, 0.1) is 0 Å². The monoisotopic (exact) mass is 335 g/mol. The molecular weight excluding hydrogens is 324 g/mol. The number of rotatable bonds is 0. The SMILES string of the molecule is ClC1=CCCC=CCC1.[Ir+]. The molecule has 1 aliphatic carbocycles. The van der Waals surface area contributed by atoms with Crippen molar-refractivity contribution in [1.29, 1.82) is 0 Å². The summed E-state index contributed by atoms with van der Waals surface area (Å²) in [6.07, 6.45) is 10.9. The van der Waals surface area contributed by atoms with Crippen molar-refractivity contribution in [3.63, 3.8) is 0 Å². The van der Waals surface area contributed by atoms with Gasteiger partial charge in [0.2, 0.25) is 0 Å². The van der Waals surface area contributed by atoms with Gasteiger partial charge in [0.1, 0.15) is 0 Å². The Morgan fingerprint density at radius 3 is 2.60 bits per heavy atom. The molecule has 58 valence electrons. The molecular formula is C8H11ClIr+. The van der Waals surface area contributed by atoms with Crippen LogP contribution in [0.3, 0.4) is 0 Å². The fourth-order valence-corrected chi connectivity index (χ4v) is 1.11. The van der Waals surface area contributed by atoms with E-state index in [4.69, 9.17) is 11.6 Å². The van der Waals surface area contributed by atoms with Crippen LogP contribution >= 0.6 is 11.6 Å². The summed E-state index contributed by atoms with van der Waals surface area (Å²) in [5.74, 6) is 0. The first-order valence-corrected chi connectivity index (χ1v) is 3.77. The van der Waals surface area contributed by atoms with Gasteiger partial charge in [-0.15, -0.1) is 0 Å². The van der Waals surface area contributed by atoms with Crippen LogP contribution in [0.25, 0.3) is 0 Å². The minimum atomic E-state index is 0. The van der Waals surface area contributed by atoms with Gasteiger partial charge >= 0.3 is 20.1 Å². The van der Waals surface area contributed by atoms with Crippen LogP contribution < -0.4 is 0 Å². The van der Waals surface area contributed by atoms with Gasteiger partial charge in [0.15, 0.2) is 0 Å². The van der Waals surface area contributed by atoms with Crippen molar-refractivity contribution < 1.29 is 20.1 Å². The molecule has 0 aliphatic heterocycles. The predicted molar refractivity (Wildman–Crippen MR) is 41.5 cm³/mol. The Bertz CT molecular complexity index is 138. The second kappa shape index (κ2) is 6.15. The van der Waals surface area contributed by atoms with Gasteiger partial charge in [0.25, 0.3) is 0 Å². The molecule has 1 aliphatic rings. The van der Waals surface area contributed by atoms with Crippen LogP contribution in [0.4, 0.5) is 0 Å². The van der Waals surface area contributed by atoms with E-state index in [-0.39, 0.29) is 20.1 Å². The summed E-state index contributed by atoms with van der Waals surface area (Å²) in [6.45, 7) is 0. The zero-order valence-corrected chi connectivity index (χ0v) is 8.92. The van der Waals surface area contributed by atoms with Crippen LogP contribution in [-0.2, 0) is 20.1 Å². The molecule has 0 aromatic rings. The smallest absolute Gasteiger partial charge is 0.0895 e. The molecule has 0 amide bonds. The third-order valence-electron chi connectivity index (χ3n) is 1.42. The molecule has 10 heavy (non-hydrogen) atoms. The maximum atomic E-state index is 5.82. The van der Waals surface area contributed by atoms with Crippen molar-refractivity contribution in [2.24, 2.45) is 0 Å². The molecule has 0 unspecified atom stereocenters. The van der Waals surface area contributed by atoms with Crippen molar-refractivity contribution in [1.82, 2.24) is 0 Å². The molecule has 0 saturated heterocycles. The van der Waals surface area contributed by atoms with E-state index in [1.165, 1.54) is 0 Å². The van der Waals surface area contributed by atoms with Crippen LogP contribution in [0.2, 0.25) is 0 Å². The Kier molecular flexibility index (Phi) is 6.41. The molecule has 0 nitrogen and oxygen atoms in total. The van der Waals surface area contributed by atoms with E-state index >= 15 is 0 Å². The van der Waals surface area contributed by atoms with Crippen LogP contribution in [0, 0.1) is 0 Å². The zero-order valence-electron chi connectivity index (χ0n) is 5.77. The number of halogens is 1. The molecule has 0 aromatic carbocycles. The normalized spacial score (nSPS) is 18.3. The summed E-state index contributed by atoms with van der Waals surface area (Å²) in [7, 11) is 0. The van der Waals surface area contributed by atoms with Crippen LogP contribution in [0.15, 0.2) is 23.3 Å². The molecule has 0 bridgehead atoms. The Hall–Kier alpha value is 0.419. The van der Waals surface area contributed by atoms with Gasteiger partial charge in [-0.2, -0.15) is 0 Å². The van der Waals surface area contributed by atoms with Gasteiger partial charge in [-0.05, 0) is 25.7 Å². The summed E-state index contributed by atoms with van der Waals surface area (Å²) in [5, 5.41) is 1.03. The third-order valence-corrected chi connectivity index (χ3v) is 1.76. The first-order chi connectivity index (χ1) is 4.39. The average Bonchev–Trinajstić information content (AvgIpc) is 1.79. The van der Waals surface area contributed by atoms with Crippen molar-refractivity contribution >= 4 is 11.6 Å². The second-order valence-corrected chi connectivity index (χ2v) is 2.72. The van der Waals surface area contributed by atoms with E-state index in [1.807, 2.05) is 0 Å². The van der Waals surface area contributed by atoms with Gasteiger partial charge < -0.3 is 0 Å². The van der Waals surface area contributed by atoms with E-state index in [1.54, 1.807) is 0 Å². The van der Waals surface area contributed by atoms with Gasteiger partial charge in [-0.25, -0.2) is 0 Å². The first kappa shape index (κ1) is 10.4. The zero-order chi connectivity index (χ0) is 6.53. The molecule has 0 radical (unpaired) electrons. The van der Waals surface area contributed by atoms with E-state index in [9.17, 15) is 0 Å². The minimum Gasteiger partial charge on any atom is -0.0895 e. The molecule has 0 saturated carbocycles. The number of hydrogen-bond acceptors (Lipinski definition) is 0.